The summed E-state index contributed by atoms with van der Waals surface area (Å²) in [6, 6.07) is 11.4. The summed E-state index contributed by atoms with van der Waals surface area (Å²) < 4.78 is 10.8. The monoisotopic (exact) mass is 493 g/mol. The van der Waals surface area contributed by atoms with Crippen LogP contribution in [0.3, 0.4) is 0 Å². The van der Waals surface area contributed by atoms with Crippen LogP contribution in [0.1, 0.15) is 18.4 Å². The molecule has 0 spiro atoms. The van der Waals surface area contributed by atoms with Crippen molar-refractivity contribution in [2.75, 3.05) is 42.7 Å². The third-order valence-electron chi connectivity index (χ3n) is 6.05. The maximum Gasteiger partial charge on any atom is 0.414 e. The summed E-state index contributed by atoms with van der Waals surface area (Å²) in [6.45, 7) is 1.90. The van der Waals surface area contributed by atoms with Crippen molar-refractivity contribution in [3.63, 3.8) is 0 Å². The third-order valence-corrected chi connectivity index (χ3v) is 7.13. The van der Waals surface area contributed by atoms with E-state index in [-0.39, 0.29) is 18.1 Å². The molecule has 9 nitrogen and oxygen atoms in total. The highest BCUT2D eigenvalue weighted by atomic mass is 32.2. The van der Waals surface area contributed by atoms with E-state index in [4.69, 9.17) is 9.47 Å². The van der Waals surface area contributed by atoms with Crippen molar-refractivity contribution < 1.29 is 19.1 Å². The predicted molar refractivity (Wildman–Crippen MR) is 135 cm³/mol. The number of aromatic nitrogens is 2. The molecule has 35 heavy (non-hydrogen) atoms. The Kier molecular flexibility index (Phi) is 7.01. The van der Waals surface area contributed by atoms with E-state index in [1.54, 1.807) is 12.0 Å². The Morgan fingerprint density at radius 1 is 1.23 bits per heavy atom. The maximum atomic E-state index is 12.4. The number of aryl methyl sites for hydroxylation is 1. The Labute approximate surface area is 207 Å². The molecule has 1 fully saturated rings. The zero-order chi connectivity index (χ0) is 24.2. The lowest BCUT2D eigenvalue weighted by atomic mass is 10.1. The first-order valence-electron chi connectivity index (χ1n) is 11.6. The number of cyclic esters (lactones) is 1. The van der Waals surface area contributed by atoms with Gasteiger partial charge in [0.1, 0.15) is 6.10 Å². The number of nitrogens with zero attached hydrogens (tertiary/aromatic N) is 3. The van der Waals surface area contributed by atoms with E-state index in [0.717, 1.165) is 58.7 Å². The molecule has 0 bridgehead atoms. The number of benzene rings is 1. The molecule has 0 aliphatic carbocycles. The molecular weight excluding hydrogens is 466 g/mol. The number of pyridine rings is 2. The molecule has 182 valence electrons. The Morgan fingerprint density at radius 2 is 2.14 bits per heavy atom. The highest BCUT2D eigenvalue weighted by Gasteiger charge is 2.32. The SMILES string of the molecule is COc1ccc2nccc(CCCCNCC3CN(c4ccc5c(c4)NC(=O)CS5)C(=O)O3)c2n1. The number of carbonyl (C=O) groups excluding carboxylic acids is 2. The van der Waals surface area contributed by atoms with Crippen molar-refractivity contribution in [3.05, 3.63) is 48.2 Å². The lowest BCUT2D eigenvalue weighted by Gasteiger charge is -2.20. The van der Waals surface area contributed by atoms with Crippen LogP contribution in [0, 0.1) is 0 Å². The van der Waals surface area contributed by atoms with Crippen LogP contribution < -0.4 is 20.3 Å². The zero-order valence-electron chi connectivity index (χ0n) is 19.5. The molecule has 2 aliphatic heterocycles. The van der Waals surface area contributed by atoms with Crippen LogP contribution in [0.4, 0.5) is 16.2 Å². The summed E-state index contributed by atoms with van der Waals surface area (Å²) in [4.78, 5) is 35.7. The number of methoxy groups -OCH3 is 1. The van der Waals surface area contributed by atoms with Crippen LogP contribution >= 0.6 is 11.8 Å². The molecule has 1 saturated heterocycles. The van der Waals surface area contributed by atoms with Gasteiger partial charge in [0.15, 0.2) is 0 Å². The second-order valence-corrected chi connectivity index (χ2v) is 9.50. The fraction of sp³-hybridized carbons (Fsp3) is 0.360. The molecule has 2 aliphatic rings. The van der Waals surface area contributed by atoms with Gasteiger partial charge in [-0.3, -0.25) is 14.7 Å². The van der Waals surface area contributed by atoms with Crippen LogP contribution in [0.25, 0.3) is 11.0 Å². The van der Waals surface area contributed by atoms with E-state index in [0.29, 0.717) is 24.7 Å². The first-order valence-corrected chi connectivity index (χ1v) is 12.6. The molecule has 3 aromatic rings. The minimum atomic E-state index is -0.362. The number of fused-ring (bicyclic) bond motifs is 2. The van der Waals surface area contributed by atoms with Crippen molar-refractivity contribution in [3.8, 4) is 5.88 Å². The topological polar surface area (TPSA) is 106 Å². The van der Waals surface area contributed by atoms with Gasteiger partial charge in [-0.15, -0.1) is 11.8 Å². The van der Waals surface area contributed by atoms with Gasteiger partial charge >= 0.3 is 6.09 Å². The third kappa shape index (κ3) is 5.33. The number of nitrogens with one attached hydrogen (secondary N) is 2. The Balaban J connectivity index is 1.08. The smallest absolute Gasteiger partial charge is 0.414 e. The molecule has 10 heteroatoms. The van der Waals surface area contributed by atoms with E-state index in [1.165, 1.54) is 11.8 Å². The molecule has 1 atom stereocenters. The van der Waals surface area contributed by atoms with Crippen molar-refractivity contribution in [1.29, 1.82) is 0 Å². The highest BCUT2D eigenvalue weighted by molar-refractivity contribution is 8.00. The number of unbranched alkanes of at least 4 members (excludes halogenated alkanes) is 1. The number of carbonyl (C=O) groups is 2. The maximum absolute atomic E-state index is 12.4. The first kappa shape index (κ1) is 23.4. The lowest BCUT2D eigenvalue weighted by molar-refractivity contribution is -0.113. The fourth-order valence-corrected chi connectivity index (χ4v) is 5.07. The van der Waals surface area contributed by atoms with E-state index >= 15 is 0 Å². The molecule has 2 aromatic heterocycles. The van der Waals surface area contributed by atoms with Crippen LogP contribution in [0.2, 0.25) is 0 Å². The summed E-state index contributed by atoms with van der Waals surface area (Å²) >= 11 is 1.50. The van der Waals surface area contributed by atoms with Crippen molar-refractivity contribution in [2.24, 2.45) is 0 Å². The average Bonchev–Trinajstić information content (AvgIpc) is 3.25. The average molecular weight is 494 g/mol. The number of thioether (sulfide) groups is 1. The molecule has 0 saturated carbocycles. The van der Waals surface area contributed by atoms with Gasteiger partial charge in [0.05, 0.1) is 36.1 Å². The van der Waals surface area contributed by atoms with Gasteiger partial charge in [-0.05, 0) is 61.7 Å². The van der Waals surface area contributed by atoms with Crippen LogP contribution in [-0.2, 0) is 16.0 Å². The summed E-state index contributed by atoms with van der Waals surface area (Å²) in [5, 5.41) is 6.27. The van der Waals surface area contributed by atoms with Gasteiger partial charge in [-0.1, -0.05) is 0 Å². The number of rotatable bonds is 9. The molecule has 2 N–H and O–H groups in total. The van der Waals surface area contributed by atoms with E-state index in [1.807, 2.05) is 42.6 Å². The summed E-state index contributed by atoms with van der Waals surface area (Å²) in [5.74, 6) is 0.975. The van der Waals surface area contributed by atoms with Crippen LogP contribution in [0.15, 0.2) is 47.5 Å². The van der Waals surface area contributed by atoms with Gasteiger partial charge in [0.25, 0.3) is 0 Å². The highest BCUT2D eigenvalue weighted by Crippen LogP contribution is 2.35. The Morgan fingerprint density at radius 3 is 3.03 bits per heavy atom. The van der Waals surface area contributed by atoms with Crippen molar-refractivity contribution >= 4 is 46.2 Å². The zero-order valence-corrected chi connectivity index (χ0v) is 20.3. The first-order chi connectivity index (χ1) is 17.1. The Bertz CT molecular complexity index is 1250. The van der Waals surface area contributed by atoms with Crippen molar-refractivity contribution in [2.45, 2.75) is 30.3 Å². The minimum Gasteiger partial charge on any atom is -0.481 e. The molecule has 5 rings (SSSR count). The van der Waals surface area contributed by atoms with Crippen LogP contribution in [0.5, 0.6) is 5.88 Å². The summed E-state index contributed by atoms with van der Waals surface area (Å²) in [7, 11) is 1.61. The molecular formula is C25H27N5O4S. The van der Waals surface area contributed by atoms with E-state index in [9.17, 15) is 9.59 Å². The van der Waals surface area contributed by atoms with Gasteiger partial charge in [-0.2, -0.15) is 0 Å². The lowest BCUT2D eigenvalue weighted by Crippen LogP contribution is -2.31. The van der Waals surface area contributed by atoms with Gasteiger partial charge in [0.2, 0.25) is 11.8 Å². The molecule has 2 amide bonds. The summed E-state index contributed by atoms with van der Waals surface area (Å²) in [6.07, 6.45) is 4.13. The fourth-order valence-electron chi connectivity index (χ4n) is 4.28. The second-order valence-electron chi connectivity index (χ2n) is 8.49. The number of amides is 2. The normalized spacial score (nSPS) is 17.3. The van der Waals surface area contributed by atoms with Crippen LogP contribution in [-0.4, -0.2) is 60.6 Å². The summed E-state index contributed by atoms with van der Waals surface area (Å²) in [5.41, 5.74) is 4.39. The van der Waals surface area contributed by atoms with E-state index in [2.05, 4.69) is 20.6 Å². The minimum absolute atomic E-state index is 0.0289. The van der Waals surface area contributed by atoms with Gasteiger partial charge in [0, 0.05) is 29.4 Å². The Hall–Kier alpha value is -3.37. The van der Waals surface area contributed by atoms with E-state index < -0.39 is 0 Å². The molecule has 0 radical (unpaired) electrons. The predicted octanol–water partition coefficient (Wildman–Crippen LogP) is 3.62. The van der Waals surface area contributed by atoms with Gasteiger partial charge in [-0.25, -0.2) is 9.78 Å². The van der Waals surface area contributed by atoms with Crippen molar-refractivity contribution in [1.82, 2.24) is 15.3 Å². The number of ether oxygens (including phenoxy) is 2. The quantitative estimate of drug-likeness (QED) is 0.436. The number of hydrogen-bond acceptors (Lipinski definition) is 8. The van der Waals surface area contributed by atoms with Gasteiger partial charge < -0.3 is 20.1 Å². The molecule has 4 heterocycles. The molecule has 1 unspecified atom stereocenters. The number of anilines is 2. The second kappa shape index (κ2) is 10.5. The molecule has 1 aromatic carbocycles. The largest absolute Gasteiger partial charge is 0.481 e. The number of hydrogen-bond donors (Lipinski definition) is 2. The standard InChI is InChI=1S/C25H27N5O4S/c1-33-23-8-6-19-24(29-23)16(9-11-27-19)4-2-3-10-26-13-18-14-30(25(32)34-18)17-5-7-21-20(12-17)28-22(31)15-35-21/h5-9,11-12,18,26H,2-4,10,13-15H2,1H3,(H,28,31).